The molecule has 0 spiro atoms. The van der Waals surface area contributed by atoms with Crippen molar-refractivity contribution in [1.29, 1.82) is 0 Å². The number of nitrogens with zero attached hydrogens (tertiary/aromatic N) is 2. The summed E-state index contributed by atoms with van der Waals surface area (Å²) in [4.78, 5) is 9.68. The first-order chi connectivity index (χ1) is 15.5. The number of ether oxygens (including phenoxy) is 3. The molecule has 1 aromatic carbocycles. The van der Waals surface area contributed by atoms with Gasteiger partial charge in [-0.3, -0.25) is 0 Å². The summed E-state index contributed by atoms with van der Waals surface area (Å²) in [6.45, 7) is 1.97. The maximum absolute atomic E-state index is 14.9. The molecule has 168 valence electrons. The number of anilines is 1. The van der Waals surface area contributed by atoms with Gasteiger partial charge in [0, 0.05) is 36.5 Å². The molecule has 3 aliphatic heterocycles. The predicted molar refractivity (Wildman–Crippen MR) is 114 cm³/mol. The van der Waals surface area contributed by atoms with Gasteiger partial charge in [-0.15, -0.1) is 0 Å². The van der Waals surface area contributed by atoms with Crippen LogP contribution in [-0.2, 0) is 9.47 Å². The molecule has 2 aromatic heterocycles. The summed E-state index contributed by atoms with van der Waals surface area (Å²) < 4.78 is 32.0. The third-order valence-electron chi connectivity index (χ3n) is 6.46. The summed E-state index contributed by atoms with van der Waals surface area (Å²) in [5.74, 6) is 0.0213. The normalized spacial score (nSPS) is 29.7. The van der Waals surface area contributed by atoms with Crippen LogP contribution in [0.25, 0.3) is 22.3 Å². The summed E-state index contributed by atoms with van der Waals surface area (Å²) >= 11 is 0. The Bertz CT molecular complexity index is 1140. The van der Waals surface area contributed by atoms with Crippen molar-refractivity contribution in [1.82, 2.24) is 9.97 Å². The molecule has 5 atom stereocenters. The maximum atomic E-state index is 14.9. The third-order valence-corrected chi connectivity index (χ3v) is 6.46. The van der Waals surface area contributed by atoms with E-state index in [1.54, 1.807) is 6.07 Å². The summed E-state index contributed by atoms with van der Waals surface area (Å²) in [7, 11) is 0. The number of rotatable bonds is 4. The first-order valence-electron chi connectivity index (χ1n) is 10.9. The van der Waals surface area contributed by atoms with E-state index in [1.807, 2.05) is 24.3 Å². The fourth-order valence-electron chi connectivity index (χ4n) is 4.79. The molecular weight excluding hydrogens is 417 g/mol. The molecule has 6 rings (SSSR count). The van der Waals surface area contributed by atoms with Crippen molar-refractivity contribution < 1.29 is 28.8 Å². The van der Waals surface area contributed by atoms with Crippen LogP contribution in [0.15, 0.2) is 36.4 Å². The van der Waals surface area contributed by atoms with E-state index >= 15 is 0 Å². The third kappa shape index (κ3) is 3.41. The minimum atomic E-state index is -0.642. The molecule has 8 nitrogen and oxygen atoms in total. The predicted octanol–water partition coefficient (Wildman–Crippen LogP) is 1.85. The Kier molecular flexibility index (Phi) is 4.80. The first kappa shape index (κ1) is 19.9. The van der Waals surface area contributed by atoms with Crippen LogP contribution in [0.4, 0.5) is 10.1 Å². The molecule has 3 N–H and O–H groups in total. The molecule has 3 aromatic rings. The molecule has 9 heteroatoms. The van der Waals surface area contributed by atoms with Crippen LogP contribution in [-0.4, -0.2) is 77.0 Å². The number of fused-ring (bicyclic) bond motifs is 2. The van der Waals surface area contributed by atoms with Crippen molar-refractivity contribution in [3.8, 4) is 17.1 Å². The van der Waals surface area contributed by atoms with E-state index < -0.39 is 11.9 Å². The standard InChI is InChI=1S/C23H24FN3O5/c24-15-7-16-17(8-20(25-16)32-19-11-31-22-18(29)10-30-23(19)22)26-21(15)12-1-3-13(4-2-12)27-6-5-14(28)9-27/h1-4,7-8,14,18-19,22-23,25,28-29H,5-6,9-11H2/t14-,18-,19-,22-,23-/m1/s1. The Hall–Kier alpha value is -2.72. The molecule has 0 radical (unpaired) electrons. The van der Waals surface area contributed by atoms with Crippen molar-refractivity contribution >= 4 is 16.7 Å². The highest BCUT2D eigenvalue weighted by Gasteiger charge is 2.48. The highest BCUT2D eigenvalue weighted by Crippen LogP contribution is 2.32. The number of aliphatic hydroxyl groups is 2. The van der Waals surface area contributed by atoms with Crippen LogP contribution in [0.1, 0.15) is 6.42 Å². The number of aliphatic hydroxyl groups excluding tert-OH is 2. The number of pyridine rings is 1. The van der Waals surface area contributed by atoms with Gasteiger partial charge < -0.3 is 34.3 Å². The monoisotopic (exact) mass is 441 g/mol. The van der Waals surface area contributed by atoms with Gasteiger partial charge in [-0.1, -0.05) is 12.1 Å². The number of nitrogens with one attached hydrogen (secondary N) is 1. The molecule has 0 saturated carbocycles. The second-order valence-corrected chi connectivity index (χ2v) is 8.64. The molecular formula is C23H24FN3O5. The minimum absolute atomic E-state index is 0.231. The number of H-pyrrole nitrogens is 1. The molecule has 3 aliphatic rings. The van der Waals surface area contributed by atoms with E-state index in [-0.39, 0.29) is 36.7 Å². The minimum Gasteiger partial charge on any atom is -0.470 e. The van der Waals surface area contributed by atoms with E-state index in [0.717, 1.165) is 18.7 Å². The van der Waals surface area contributed by atoms with Gasteiger partial charge in [-0.05, 0) is 18.6 Å². The summed E-state index contributed by atoms with van der Waals surface area (Å²) in [5.41, 5.74) is 3.07. The summed E-state index contributed by atoms with van der Waals surface area (Å²) in [6, 6.07) is 10.7. The highest BCUT2D eigenvalue weighted by atomic mass is 19.1. The van der Waals surface area contributed by atoms with E-state index in [9.17, 15) is 14.6 Å². The van der Waals surface area contributed by atoms with Gasteiger partial charge in [0.25, 0.3) is 0 Å². The van der Waals surface area contributed by atoms with Crippen molar-refractivity contribution in [3.63, 3.8) is 0 Å². The van der Waals surface area contributed by atoms with Crippen molar-refractivity contribution in [2.75, 3.05) is 31.2 Å². The van der Waals surface area contributed by atoms with E-state index in [4.69, 9.17) is 14.2 Å². The van der Waals surface area contributed by atoms with Crippen molar-refractivity contribution in [3.05, 3.63) is 42.2 Å². The zero-order valence-electron chi connectivity index (χ0n) is 17.3. The Balaban J connectivity index is 1.23. The van der Waals surface area contributed by atoms with Gasteiger partial charge in [0.05, 0.1) is 30.4 Å². The second-order valence-electron chi connectivity index (χ2n) is 8.64. The zero-order chi connectivity index (χ0) is 21.8. The zero-order valence-corrected chi connectivity index (χ0v) is 17.3. The van der Waals surface area contributed by atoms with Gasteiger partial charge in [0.1, 0.15) is 24.0 Å². The van der Waals surface area contributed by atoms with Crippen LogP contribution in [0, 0.1) is 5.82 Å². The Morgan fingerprint density at radius 3 is 2.69 bits per heavy atom. The van der Waals surface area contributed by atoms with Crippen LogP contribution in [0.3, 0.4) is 0 Å². The number of hydrogen-bond donors (Lipinski definition) is 3. The Morgan fingerprint density at radius 1 is 1.09 bits per heavy atom. The lowest BCUT2D eigenvalue weighted by atomic mass is 10.1. The Labute approximate surface area is 183 Å². The van der Waals surface area contributed by atoms with Crippen molar-refractivity contribution in [2.45, 2.75) is 36.9 Å². The summed E-state index contributed by atoms with van der Waals surface area (Å²) in [6.07, 6.45) is -1.24. The number of benzene rings is 1. The van der Waals surface area contributed by atoms with Gasteiger partial charge in [-0.2, -0.15) is 0 Å². The average Bonchev–Trinajstić information content (AvgIpc) is 3.55. The molecule has 0 amide bonds. The lowest BCUT2D eigenvalue weighted by molar-refractivity contribution is 0.00794. The van der Waals surface area contributed by atoms with E-state index in [1.165, 1.54) is 6.07 Å². The topological polar surface area (TPSA) is 100 Å². The largest absolute Gasteiger partial charge is 0.470 e. The van der Waals surface area contributed by atoms with Gasteiger partial charge in [-0.25, -0.2) is 9.37 Å². The van der Waals surface area contributed by atoms with Crippen LogP contribution in [0.2, 0.25) is 0 Å². The van der Waals surface area contributed by atoms with Crippen LogP contribution < -0.4 is 9.64 Å². The molecule has 5 heterocycles. The molecule has 3 fully saturated rings. The maximum Gasteiger partial charge on any atom is 0.193 e. The quantitative estimate of drug-likeness (QED) is 0.568. The fourth-order valence-corrected chi connectivity index (χ4v) is 4.79. The molecule has 0 aliphatic carbocycles. The number of β-amino-alcohol motifs (C(OH)–C–C–N with tert-alkyl or cyclic N) is 1. The molecule has 32 heavy (non-hydrogen) atoms. The lowest BCUT2D eigenvalue weighted by Gasteiger charge is -2.18. The van der Waals surface area contributed by atoms with E-state index in [0.29, 0.717) is 35.6 Å². The lowest BCUT2D eigenvalue weighted by Crippen LogP contribution is -2.34. The van der Waals surface area contributed by atoms with Gasteiger partial charge >= 0.3 is 0 Å². The Morgan fingerprint density at radius 2 is 1.91 bits per heavy atom. The number of hydrogen-bond acceptors (Lipinski definition) is 7. The fraction of sp³-hybridized carbons (Fsp3) is 0.435. The smallest absolute Gasteiger partial charge is 0.193 e. The van der Waals surface area contributed by atoms with Crippen LogP contribution >= 0.6 is 0 Å². The van der Waals surface area contributed by atoms with E-state index in [2.05, 4.69) is 14.9 Å². The van der Waals surface area contributed by atoms with Crippen LogP contribution in [0.5, 0.6) is 5.88 Å². The SMILES string of the molecule is O[C@@H]1CCN(c2ccc(-c3nc4cc(O[C@@H]5CO[C@H]6[C@@H]5OC[C@H]6O)[nH]c4cc3F)cc2)C1. The molecule has 3 saturated heterocycles. The average molecular weight is 441 g/mol. The molecule has 0 bridgehead atoms. The highest BCUT2D eigenvalue weighted by molar-refractivity contribution is 5.81. The number of aromatic nitrogens is 2. The second kappa shape index (κ2) is 7.70. The molecule has 0 unspecified atom stereocenters. The van der Waals surface area contributed by atoms with Crippen molar-refractivity contribution in [2.24, 2.45) is 0 Å². The summed E-state index contributed by atoms with van der Waals surface area (Å²) in [5, 5.41) is 19.6. The number of aromatic amines is 1. The van der Waals surface area contributed by atoms with Gasteiger partial charge in [0.2, 0.25) is 0 Å². The first-order valence-corrected chi connectivity index (χ1v) is 10.9. The van der Waals surface area contributed by atoms with Gasteiger partial charge in [0.15, 0.2) is 17.8 Å². The number of halogens is 1.